The summed E-state index contributed by atoms with van der Waals surface area (Å²) in [6, 6.07) is 15.1. The molecule has 11 heteroatoms. The number of non-ortho nitro benzene ring substituents is 1. The molecule has 0 N–H and O–H groups in total. The molecule has 0 saturated carbocycles. The molecule has 0 fully saturated rings. The normalized spacial score (nSPS) is 15.0. The van der Waals surface area contributed by atoms with E-state index in [1.165, 1.54) is 35.1 Å². The van der Waals surface area contributed by atoms with Crippen LogP contribution >= 0.6 is 11.3 Å². The molecule has 5 rings (SSSR count). The molecule has 222 valence electrons. The van der Waals surface area contributed by atoms with E-state index in [4.69, 9.17) is 13.9 Å². The van der Waals surface area contributed by atoms with Crippen LogP contribution in [-0.2, 0) is 14.3 Å². The fourth-order valence-corrected chi connectivity index (χ4v) is 5.98. The first kappa shape index (κ1) is 29.9. The zero-order valence-corrected chi connectivity index (χ0v) is 25.3. The lowest BCUT2D eigenvalue weighted by atomic mass is 9.93. The molecule has 0 bridgehead atoms. The summed E-state index contributed by atoms with van der Waals surface area (Å²) in [6.07, 6.45) is 1.62. The Bertz CT molecular complexity index is 1910. The van der Waals surface area contributed by atoms with Crippen LogP contribution in [0.5, 0.6) is 0 Å². The highest BCUT2D eigenvalue weighted by molar-refractivity contribution is 7.07. The standard InChI is InChI=1S/C32H31N3O7S/c1-18(2)21-7-9-22(10-8-21)29-28(31(37)41-15-14-40-5)20(4)33-32-34(29)30(36)27(43-32)17-24-12-13-26(42-24)25-16-23(35(38)39)11-6-19(25)3/h6-13,16-18,29H,14-15H2,1-5H3. The van der Waals surface area contributed by atoms with Crippen molar-refractivity contribution in [2.45, 2.75) is 39.7 Å². The SMILES string of the molecule is COCCOC(=O)C1=C(C)N=c2sc(=Cc3ccc(-c4cc([N+](=O)[O-])ccc4C)o3)c(=O)n2C1c1ccc(C(C)C)cc1. The number of aromatic nitrogens is 1. The Morgan fingerprint density at radius 1 is 1.14 bits per heavy atom. The highest BCUT2D eigenvalue weighted by Crippen LogP contribution is 2.32. The third-order valence-electron chi connectivity index (χ3n) is 7.28. The van der Waals surface area contributed by atoms with Crippen LogP contribution < -0.4 is 14.9 Å². The number of nitro groups is 1. The number of nitrogens with zero attached hydrogens (tertiary/aromatic N) is 3. The molecule has 43 heavy (non-hydrogen) atoms. The summed E-state index contributed by atoms with van der Waals surface area (Å²) in [5.41, 5.74) is 3.67. The maximum Gasteiger partial charge on any atom is 0.338 e. The molecule has 1 unspecified atom stereocenters. The number of nitro benzene ring substituents is 1. The van der Waals surface area contributed by atoms with Gasteiger partial charge < -0.3 is 13.9 Å². The van der Waals surface area contributed by atoms with Crippen molar-refractivity contribution in [2.24, 2.45) is 4.99 Å². The zero-order valence-electron chi connectivity index (χ0n) is 24.5. The largest absolute Gasteiger partial charge is 0.460 e. The molecule has 3 heterocycles. The first-order valence-electron chi connectivity index (χ1n) is 13.7. The summed E-state index contributed by atoms with van der Waals surface area (Å²) in [7, 11) is 1.52. The summed E-state index contributed by atoms with van der Waals surface area (Å²) >= 11 is 1.19. The van der Waals surface area contributed by atoms with Crippen molar-refractivity contribution in [1.82, 2.24) is 4.57 Å². The molecule has 2 aromatic heterocycles. The lowest BCUT2D eigenvalue weighted by Gasteiger charge is -2.25. The van der Waals surface area contributed by atoms with E-state index >= 15 is 0 Å². The molecular formula is C32H31N3O7S. The second-order valence-electron chi connectivity index (χ2n) is 10.5. The third-order valence-corrected chi connectivity index (χ3v) is 8.26. The van der Waals surface area contributed by atoms with Crippen LogP contribution in [0, 0.1) is 17.0 Å². The summed E-state index contributed by atoms with van der Waals surface area (Å²) in [6.45, 7) is 8.09. The minimum atomic E-state index is -0.741. The summed E-state index contributed by atoms with van der Waals surface area (Å²) in [5, 5.41) is 11.3. The number of carbonyl (C=O) groups excluding carboxylic acids is 1. The van der Waals surface area contributed by atoms with Gasteiger partial charge in [0.1, 0.15) is 18.1 Å². The van der Waals surface area contributed by atoms with Crippen molar-refractivity contribution in [3.63, 3.8) is 0 Å². The second-order valence-corrected chi connectivity index (χ2v) is 11.5. The second kappa shape index (κ2) is 12.3. The highest BCUT2D eigenvalue weighted by atomic mass is 32.1. The number of furan rings is 1. The molecule has 0 saturated heterocycles. The minimum absolute atomic E-state index is 0.0415. The van der Waals surface area contributed by atoms with Crippen LogP contribution in [0.3, 0.4) is 0 Å². The molecule has 1 atom stereocenters. The lowest BCUT2D eigenvalue weighted by molar-refractivity contribution is -0.384. The Balaban J connectivity index is 1.60. The summed E-state index contributed by atoms with van der Waals surface area (Å²) < 4.78 is 18.4. The van der Waals surface area contributed by atoms with E-state index in [9.17, 15) is 19.7 Å². The van der Waals surface area contributed by atoms with Gasteiger partial charge in [0.25, 0.3) is 11.2 Å². The van der Waals surface area contributed by atoms with Crippen molar-refractivity contribution < 1.29 is 23.6 Å². The number of aryl methyl sites for hydroxylation is 1. The van der Waals surface area contributed by atoms with Crippen LogP contribution in [0.4, 0.5) is 5.69 Å². The van der Waals surface area contributed by atoms with E-state index in [0.717, 1.165) is 16.7 Å². The molecule has 0 amide bonds. The van der Waals surface area contributed by atoms with Gasteiger partial charge in [-0.1, -0.05) is 55.5 Å². The van der Waals surface area contributed by atoms with Crippen LogP contribution in [0.2, 0.25) is 0 Å². The molecule has 2 aromatic carbocycles. The van der Waals surface area contributed by atoms with Gasteiger partial charge in [0.15, 0.2) is 4.80 Å². The fourth-order valence-electron chi connectivity index (χ4n) is 4.95. The molecule has 1 aliphatic heterocycles. The number of esters is 1. The molecule has 0 spiro atoms. The monoisotopic (exact) mass is 601 g/mol. The van der Waals surface area contributed by atoms with Crippen molar-refractivity contribution >= 4 is 29.1 Å². The van der Waals surface area contributed by atoms with Gasteiger partial charge in [0.05, 0.1) is 33.4 Å². The van der Waals surface area contributed by atoms with Gasteiger partial charge in [-0.15, -0.1) is 0 Å². The van der Waals surface area contributed by atoms with Gasteiger partial charge in [-0.05, 0) is 48.6 Å². The Hall–Kier alpha value is -4.61. The van der Waals surface area contributed by atoms with E-state index in [0.29, 0.717) is 38.0 Å². The first-order valence-corrected chi connectivity index (χ1v) is 14.5. The predicted molar refractivity (Wildman–Crippen MR) is 163 cm³/mol. The molecule has 1 aliphatic rings. The number of hydrogen-bond acceptors (Lipinski definition) is 9. The average Bonchev–Trinajstić information content (AvgIpc) is 3.56. The van der Waals surface area contributed by atoms with E-state index in [2.05, 4.69) is 18.8 Å². The van der Waals surface area contributed by atoms with Crippen molar-refractivity contribution in [1.29, 1.82) is 0 Å². The summed E-state index contributed by atoms with van der Waals surface area (Å²) in [5.74, 6) is 0.600. The van der Waals surface area contributed by atoms with Gasteiger partial charge in [-0.2, -0.15) is 0 Å². The molecule has 0 aliphatic carbocycles. The predicted octanol–water partition coefficient (Wildman–Crippen LogP) is 5.02. The molecule has 4 aromatic rings. The van der Waals surface area contributed by atoms with Gasteiger partial charge in [-0.25, -0.2) is 9.79 Å². The highest BCUT2D eigenvalue weighted by Gasteiger charge is 2.33. The Labute approximate surface area is 251 Å². The van der Waals surface area contributed by atoms with Gasteiger partial charge in [0, 0.05) is 30.9 Å². The number of allylic oxidation sites excluding steroid dienone is 1. The lowest BCUT2D eigenvalue weighted by Crippen LogP contribution is -2.40. The van der Waals surface area contributed by atoms with E-state index in [1.807, 2.05) is 31.2 Å². The molecular weight excluding hydrogens is 570 g/mol. The maximum absolute atomic E-state index is 13.9. The maximum atomic E-state index is 13.9. The van der Waals surface area contributed by atoms with Crippen molar-refractivity contribution in [3.8, 4) is 11.3 Å². The number of fused-ring (bicyclic) bond motifs is 1. The quantitative estimate of drug-likeness (QED) is 0.114. The van der Waals surface area contributed by atoms with Crippen molar-refractivity contribution in [3.05, 3.63) is 118 Å². The number of carbonyl (C=O) groups is 1. The number of methoxy groups -OCH3 is 1. The van der Waals surface area contributed by atoms with Crippen LogP contribution in [-0.4, -0.2) is 35.8 Å². The van der Waals surface area contributed by atoms with Gasteiger partial charge in [-0.3, -0.25) is 19.5 Å². The molecule has 10 nitrogen and oxygen atoms in total. The first-order chi connectivity index (χ1) is 20.6. The number of ether oxygens (including phenoxy) is 2. The topological polar surface area (TPSA) is 126 Å². The minimum Gasteiger partial charge on any atom is -0.460 e. The Morgan fingerprint density at radius 2 is 1.88 bits per heavy atom. The van der Waals surface area contributed by atoms with Crippen LogP contribution in [0.25, 0.3) is 17.4 Å². The van der Waals surface area contributed by atoms with Gasteiger partial charge in [0.2, 0.25) is 0 Å². The smallest absolute Gasteiger partial charge is 0.338 e. The van der Waals surface area contributed by atoms with E-state index in [1.54, 1.807) is 31.2 Å². The van der Waals surface area contributed by atoms with E-state index in [-0.39, 0.29) is 30.0 Å². The summed E-state index contributed by atoms with van der Waals surface area (Å²) in [4.78, 5) is 43.2. The van der Waals surface area contributed by atoms with Gasteiger partial charge >= 0.3 is 5.97 Å². The van der Waals surface area contributed by atoms with Crippen LogP contribution in [0.1, 0.15) is 55.2 Å². The number of rotatable bonds is 9. The number of benzene rings is 2. The number of thiazole rings is 1. The Morgan fingerprint density at radius 3 is 2.56 bits per heavy atom. The molecule has 0 radical (unpaired) electrons. The average molecular weight is 602 g/mol. The Kier molecular flexibility index (Phi) is 8.56. The van der Waals surface area contributed by atoms with Crippen molar-refractivity contribution in [2.75, 3.05) is 20.3 Å². The zero-order chi connectivity index (χ0) is 30.8. The third kappa shape index (κ3) is 5.99. The number of hydrogen-bond donors (Lipinski definition) is 0. The van der Waals surface area contributed by atoms with Crippen LogP contribution in [0.15, 0.2) is 80.1 Å². The fraction of sp³-hybridized carbons (Fsp3) is 0.281. The van der Waals surface area contributed by atoms with E-state index < -0.39 is 16.9 Å².